The van der Waals surface area contributed by atoms with Crippen molar-refractivity contribution in [2.45, 2.75) is 60.9 Å². The highest BCUT2D eigenvalue weighted by Gasteiger charge is 2.29. The maximum Gasteiger partial charge on any atom is 0.289 e. The molecule has 2 heterocycles. The maximum absolute atomic E-state index is 13.2. The Hall–Kier alpha value is -3.01. The zero-order valence-corrected chi connectivity index (χ0v) is 21.1. The van der Waals surface area contributed by atoms with E-state index in [1.807, 2.05) is 17.0 Å². The van der Waals surface area contributed by atoms with Crippen LogP contribution < -0.4 is 4.90 Å². The molecule has 1 atom stereocenters. The lowest BCUT2D eigenvalue weighted by Gasteiger charge is -2.41. The first kappa shape index (κ1) is 23.2. The molecule has 1 unspecified atom stereocenters. The van der Waals surface area contributed by atoms with E-state index in [1.54, 1.807) is 0 Å². The van der Waals surface area contributed by atoms with Crippen LogP contribution in [0.3, 0.4) is 0 Å². The summed E-state index contributed by atoms with van der Waals surface area (Å²) in [5, 5.41) is 0. The molecular formula is C29H36N2O2. The van der Waals surface area contributed by atoms with Gasteiger partial charge in [-0.15, -0.1) is 0 Å². The SMILES string of the molecule is Cc1cccc(N2CCN(C(=O)c3ccc(Cc4c(C)c(C)c(C)c(C)c4C)o3)CC2C)c1. The van der Waals surface area contributed by atoms with Gasteiger partial charge in [-0.2, -0.15) is 0 Å². The Balaban J connectivity index is 1.47. The molecule has 1 amide bonds. The van der Waals surface area contributed by atoms with E-state index in [2.05, 4.69) is 77.6 Å². The zero-order chi connectivity index (χ0) is 23.9. The van der Waals surface area contributed by atoms with Crippen LogP contribution in [0.25, 0.3) is 0 Å². The minimum Gasteiger partial charge on any atom is -0.456 e. The number of hydrogen-bond acceptors (Lipinski definition) is 3. The van der Waals surface area contributed by atoms with Gasteiger partial charge in [-0.25, -0.2) is 0 Å². The molecule has 0 saturated carbocycles. The normalized spacial score (nSPS) is 16.4. The predicted molar refractivity (Wildman–Crippen MR) is 136 cm³/mol. The van der Waals surface area contributed by atoms with Crippen molar-refractivity contribution in [3.05, 3.63) is 86.9 Å². The second-order valence-corrected chi connectivity index (χ2v) is 9.68. The van der Waals surface area contributed by atoms with Crippen LogP contribution in [0, 0.1) is 41.5 Å². The van der Waals surface area contributed by atoms with E-state index in [4.69, 9.17) is 4.42 Å². The van der Waals surface area contributed by atoms with E-state index in [0.29, 0.717) is 25.3 Å². The second kappa shape index (κ2) is 9.09. The number of carbonyl (C=O) groups is 1. The minimum absolute atomic E-state index is 0.0123. The van der Waals surface area contributed by atoms with Crippen LogP contribution in [0.1, 0.15) is 62.2 Å². The Bertz CT molecular complexity index is 1160. The van der Waals surface area contributed by atoms with E-state index in [1.165, 1.54) is 44.6 Å². The Morgan fingerprint density at radius 3 is 2.21 bits per heavy atom. The fourth-order valence-corrected chi connectivity index (χ4v) is 5.09. The number of nitrogens with zero attached hydrogens (tertiary/aromatic N) is 2. The van der Waals surface area contributed by atoms with Crippen molar-refractivity contribution >= 4 is 11.6 Å². The molecule has 1 fully saturated rings. The lowest BCUT2D eigenvalue weighted by Crippen LogP contribution is -2.53. The van der Waals surface area contributed by atoms with Crippen molar-refractivity contribution in [3.63, 3.8) is 0 Å². The van der Waals surface area contributed by atoms with Crippen molar-refractivity contribution < 1.29 is 9.21 Å². The van der Waals surface area contributed by atoms with Crippen LogP contribution in [0.15, 0.2) is 40.8 Å². The first-order valence-corrected chi connectivity index (χ1v) is 11.9. The third-order valence-electron chi connectivity index (χ3n) is 7.63. The molecule has 174 valence electrons. The molecule has 1 saturated heterocycles. The third kappa shape index (κ3) is 4.44. The highest BCUT2D eigenvalue weighted by Crippen LogP contribution is 2.29. The molecule has 2 aromatic carbocycles. The Morgan fingerprint density at radius 2 is 1.58 bits per heavy atom. The molecule has 3 aromatic rings. The summed E-state index contributed by atoms with van der Waals surface area (Å²) in [5.74, 6) is 1.28. The average molecular weight is 445 g/mol. The standard InChI is InChI=1S/C29H36N2O2/c1-18-9-8-10-25(15-18)31-14-13-30(17-19(31)2)29(32)28-12-11-26(33-28)16-27-23(6)21(4)20(3)22(5)24(27)7/h8-12,15,19H,13-14,16-17H2,1-7H3. The summed E-state index contributed by atoms with van der Waals surface area (Å²) < 4.78 is 6.08. The maximum atomic E-state index is 13.2. The summed E-state index contributed by atoms with van der Waals surface area (Å²) in [5.41, 5.74) is 10.5. The van der Waals surface area contributed by atoms with Gasteiger partial charge in [0.15, 0.2) is 5.76 Å². The van der Waals surface area contributed by atoms with Crippen LogP contribution in [-0.4, -0.2) is 36.5 Å². The number of anilines is 1. The molecule has 33 heavy (non-hydrogen) atoms. The van der Waals surface area contributed by atoms with Gasteiger partial charge in [0, 0.05) is 37.8 Å². The first-order chi connectivity index (χ1) is 15.7. The van der Waals surface area contributed by atoms with E-state index in [-0.39, 0.29) is 11.9 Å². The molecule has 0 spiro atoms. The number of carbonyl (C=O) groups excluding carboxylic acids is 1. The number of piperazine rings is 1. The summed E-state index contributed by atoms with van der Waals surface area (Å²) in [7, 11) is 0. The van der Waals surface area contributed by atoms with Gasteiger partial charge in [0.25, 0.3) is 5.91 Å². The third-order valence-corrected chi connectivity index (χ3v) is 7.63. The molecule has 4 rings (SSSR count). The number of rotatable bonds is 4. The summed E-state index contributed by atoms with van der Waals surface area (Å²) in [4.78, 5) is 17.5. The van der Waals surface area contributed by atoms with Gasteiger partial charge in [-0.1, -0.05) is 12.1 Å². The van der Waals surface area contributed by atoms with Gasteiger partial charge in [-0.05, 0) is 112 Å². The van der Waals surface area contributed by atoms with Gasteiger partial charge in [0.05, 0.1) is 0 Å². The molecule has 0 bridgehead atoms. The van der Waals surface area contributed by atoms with Crippen molar-refractivity contribution in [2.75, 3.05) is 24.5 Å². The predicted octanol–water partition coefficient (Wildman–Crippen LogP) is 6.07. The van der Waals surface area contributed by atoms with Gasteiger partial charge < -0.3 is 14.2 Å². The number of hydrogen-bond donors (Lipinski definition) is 0. The number of amides is 1. The number of furan rings is 1. The Labute approximate surface area is 198 Å². The first-order valence-electron chi connectivity index (χ1n) is 11.9. The van der Waals surface area contributed by atoms with Crippen molar-refractivity contribution in [1.29, 1.82) is 0 Å². The van der Waals surface area contributed by atoms with Gasteiger partial charge >= 0.3 is 0 Å². The molecule has 0 radical (unpaired) electrons. The van der Waals surface area contributed by atoms with Gasteiger partial charge in [0.1, 0.15) is 5.76 Å². The van der Waals surface area contributed by atoms with Crippen LogP contribution in [0.5, 0.6) is 0 Å². The lowest BCUT2D eigenvalue weighted by atomic mass is 9.88. The molecule has 4 nitrogen and oxygen atoms in total. The van der Waals surface area contributed by atoms with Crippen molar-refractivity contribution in [3.8, 4) is 0 Å². The number of benzene rings is 2. The van der Waals surface area contributed by atoms with E-state index >= 15 is 0 Å². The zero-order valence-electron chi connectivity index (χ0n) is 21.1. The van der Waals surface area contributed by atoms with Crippen LogP contribution in [0.4, 0.5) is 5.69 Å². The molecule has 0 N–H and O–H groups in total. The fraction of sp³-hybridized carbons (Fsp3) is 0.414. The molecule has 1 aliphatic heterocycles. The summed E-state index contributed by atoms with van der Waals surface area (Å²) in [6.45, 7) is 17.5. The largest absolute Gasteiger partial charge is 0.456 e. The summed E-state index contributed by atoms with van der Waals surface area (Å²) in [6, 6.07) is 12.6. The highest BCUT2D eigenvalue weighted by atomic mass is 16.4. The smallest absolute Gasteiger partial charge is 0.289 e. The fourth-order valence-electron chi connectivity index (χ4n) is 5.09. The van der Waals surface area contributed by atoms with E-state index < -0.39 is 0 Å². The lowest BCUT2D eigenvalue weighted by molar-refractivity contribution is 0.0692. The van der Waals surface area contributed by atoms with Crippen molar-refractivity contribution in [2.24, 2.45) is 0 Å². The molecule has 1 aliphatic rings. The monoisotopic (exact) mass is 444 g/mol. The summed E-state index contributed by atoms with van der Waals surface area (Å²) >= 11 is 0. The van der Waals surface area contributed by atoms with Crippen molar-refractivity contribution in [1.82, 2.24) is 4.90 Å². The number of aryl methyl sites for hydroxylation is 1. The highest BCUT2D eigenvalue weighted by molar-refractivity contribution is 5.91. The quantitative estimate of drug-likeness (QED) is 0.490. The Kier molecular flexibility index (Phi) is 6.38. The van der Waals surface area contributed by atoms with Gasteiger partial charge in [-0.3, -0.25) is 4.79 Å². The second-order valence-electron chi connectivity index (χ2n) is 9.68. The van der Waals surface area contributed by atoms with Crippen LogP contribution in [0.2, 0.25) is 0 Å². The van der Waals surface area contributed by atoms with E-state index in [0.717, 1.165) is 12.3 Å². The molecule has 4 heteroatoms. The van der Waals surface area contributed by atoms with Gasteiger partial charge in [0.2, 0.25) is 0 Å². The summed E-state index contributed by atoms with van der Waals surface area (Å²) in [6.07, 6.45) is 0.713. The topological polar surface area (TPSA) is 36.7 Å². The molecular weight excluding hydrogens is 408 g/mol. The molecule has 1 aromatic heterocycles. The van der Waals surface area contributed by atoms with Crippen LogP contribution >= 0.6 is 0 Å². The average Bonchev–Trinajstić information content (AvgIpc) is 3.27. The Morgan fingerprint density at radius 1 is 0.909 bits per heavy atom. The van der Waals surface area contributed by atoms with Crippen LogP contribution in [-0.2, 0) is 6.42 Å². The minimum atomic E-state index is -0.0123. The van der Waals surface area contributed by atoms with E-state index in [9.17, 15) is 4.79 Å². The molecule has 0 aliphatic carbocycles.